The van der Waals surface area contributed by atoms with Crippen LogP contribution in [0, 0.1) is 0 Å². The number of benzene rings is 1. The SMILES string of the molecule is CC1(C)Cc2c(cnn2-c2ccc(Cl)cc2)-c2nc3ncccc3nc21. The van der Waals surface area contributed by atoms with Crippen LogP contribution in [0.3, 0.4) is 0 Å². The van der Waals surface area contributed by atoms with Crippen molar-refractivity contribution in [2.75, 3.05) is 0 Å². The molecule has 0 atom stereocenters. The van der Waals surface area contributed by atoms with Crippen molar-refractivity contribution in [3.05, 3.63) is 65.2 Å². The molecule has 1 aliphatic carbocycles. The molecule has 1 aromatic carbocycles. The van der Waals surface area contributed by atoms with Crippen LogP contribution in [0.15, 0.2) is 48.8 Å². The average molecular weight is 362 g/mol. The smallest absolute Gasteiger partial charge is 0.178 e. The topological polar surface area (TPSA) is 56.5 Å². The van der Waals surface area contributed by atoms with Crippen molar-refractivity contribution in [3.8, 4) is 16.9 Å². The fourth-order valence-electron chi connectivity index (χ4n) is 3.60. The van der Waals surface area contributed by atoms with Crippen molar-refractivity contribution in [1.82, 2.24) is 24.7 Å². The normalized spacial score (nSPS) is 14.9. The van der Waals surface area contributed by atoms with E-state index in [0.29, 0.717) is 10.7 Å². The lowest BCUT2D eigenvalue weighted by molar-refractivity contribution is 0.486. The number of hydrogen-bond acceptors (Lipinski definition) is 4. The van der Waals surface area contributed by atoms with E-state index in [0.717, 1.165) is 40.3 Å². The maximum atomic E-state index is 6.03. The third kappa shape index (κ3) is 2.24. The zero-order valence-electron chi connectivity index (χ0n) is 14.4. The summed E-state index contributed by atoms with van der Waals surface area (Å²) in [4.78, 5) is 14.1. The fraction of sp³-hybridized carbons (Fsp3) is 0.200. The highest BCUT2D eigenvalue weighted by molar-refractivity contribution is 6.30. The summed E-state index contributed by atoms with van der Waals surface area (Å²) >= 11 is 6.03. The van der Waals surface area contributed by atoms with Gasteiger partial charge in [0.25, 0.3) is 0 Å². The van der Waals surface area contributed by atoms with Crippen molar-refractivity contribution in [1.29, 1.82) is 0 Å². The lowest BCUT2D eigenvalue weighted by atomic mass is 9.77. The first-order valence-corrected chi connectivity index (χ1v) is 8.87. The van der Waals surface area contributed by atoms with Gasteiger partial charge in [0.15, 0.2) is 5.65 Å². The molecule has 0 fully saturated rings. The van der Waals surface area contributed by atoms with Crippen LogP contribution in [0.1, 0.15) is 25.2 Å². The summed E-state index contributed by atoms with van der Waals surface area (Å²) in [6.45, 7) is 4.40. The summed E-state index contributed by atoms with van der Waals surface area (Å²) in [5, 5.41) is 5.34. The van der Waals surface area contributed by atoms with E-state index in [1.54, 1.807) is 6.20 Å². The van der Waals surface area contributed by atoms with E-state index in [2.05, 4.69) is 23.9 Å². The van der Waals surface area contributed by atoms with Crippen LogP contribution in [0.2, 0.25) is 5.02 Å². The molecule has 0 amide bonds. The van der Waals surface area contributed by atoms with Crippen LogP contribution in [-0.2, 0) is 11.8 Å². The summed E-state index contributed by atoms with van der Waals surface area (Å²) < 4.78 is 1.97. The molecular formula is C20H16ClN5. The Morgan fingerprint density at radius 3 is 2.69 bits per heavy atom. The van der Waals surface area contributed by atoms with Crippen LogP contribution in [-0.4, -0.2) is 24.7 Å². The minimum Gasteiger partial charge on any atom is -0.247 e. The standard InChI is InChI=1S/C20H16ClN5/c1-20(2)10-16-14(11-23-26(16)13-7-5-12(21)6-8-13)17-18(20)24-15-4-3-9-22-19(15)25-17/h3-9,11H,10H2,1-2H3. The van der Waals surface area contributed by atoms with E-state index in [9.17, 15) is 0 Å². The summed E-state index contributed by atoms with van der Waals surface area (Å²) in [5.41, 5.74) is 6.36. The fourth-order valence-corrected chi connectivity index (χ4v) is 3.73. The maximum absolute atomic E-state index is 6.03. The zero-order chi connectivity index (χ0) is 17.9. The predicted octanol–water partition coefficient (Wildman–Crippen LogP) is 4.36. The molecule has 3 heterocycles. The van der Waals surface area contributed by atoms with Gasteiger partial charge in [-0.15, -0.1) is 0 Å². The molecule has 4 aromatic rings. The summed E-state index contributed by atoms with van der Waals surface area (Å²) in [6.07, 6.45) is 4.45. The van der Waals surface area contributed by atoms with Gasteiger partial charge < -0.3 is 0 Å². The van der Waals surface area contributed by atoms with Gasteiger partial charge in [-0.2, -0.15) is 5.10 Å². The number of halogens is 1. The van der Waals surface area contributed by atoms with Crippen molar-refractivity contribution < 1.29 is 0 Å². The lowest BCUT2D eigenvalue weighted by Gasteiger charge is -2.31. The van der Waals surface area contributed by atoms with Crippen molar-refractivity contribution in [2.24, 2.45) is 0 Å². The van der Waals surface area contributed by atoms with E-state index in [1.807, 2.05) is 47.3 Å². The van der Waals surface area contributed by atoms with Gasteiger partial charge in [0.1, 0.15) is 5.52 Å². The molecular weight excluding hydrogens is 346 g/mol. The van der Waals surface area contributed by atoms with Crippen LogP contribution in [0.5, 0.6) is 0 Å². The van der Waals surface area contributed by atoms with Crippen molar-refractivity contribution in [2.45, 2.75) is 25.7 Å². The van der Waals surface area contributed by atoms with E-state index < -0.39 is 0 Å². The highest BCUT2D eigenvalue weighted by Gasteiger charge is 2.36. The maximum Gasteiger partial charge on any atom is 0.178 e. The van der Waals surface area contributed by atoms with Gasteiger partial charge in [0, 0.05) is 28.6 Å². The van der Waals surface area contributed by atoms with Gasteiger partial charge in [-0.3, -0.25) is 0 Å². The van der Waals surface area contributed by atoms with Crippen LogP contribution in [0.4, 0.5) is 0 Å². The second kappa shape index (κ2) is 5.35. The molecule has 0 saturated heterocycles. The third-order valence-electron chi connectivity index (χ3n) is 4.89. The number of fused-ring (bicyclic) bond motifs is 4. The molecule has 5 nitrogen and oxygen atoms in total. The molecule has 0 unspecified atom stereocenters. The van der Waals surface area contributed by atoms with E-state index in [4.69, 9.17) is 21.6 Å². The van der Waals surface area contributed by atoms with E-state index in [-0.39, 0.29) is 5.41 Å². The average Bonchev–Trinajstić information content (AvgIpc) is 3.04. The lowest BCUT2D eigenvalue weighted by Crippen LogP contribution is -2.29. The summed E-state index contributed by atoms with van der Waals surface area (Å²) in [6, 6.07) is 11.6. The molecule has 128 valence electrons. The van der Waals surface area contributed by atoms with Gasteiger partial charge in [-0.05, 0) is 36.4 Å². The number of rotatable bonds is 1. The second-order valence-corrected chi connectivity index (χ2v) is 7.66. The Hall–Kier alpha value is -2.79. The van der Waals surface area contributed by atoms with Crippen LogP contribution in [0.25, 0.3) is 28.1 Å². The molecule has 5 rings (SSSR count). The Balaban J connectivity index is 1.76. The first kappa shape index (κ1) is 15.5. The minimum atomic E-state index is -0.149. The van der Waals surface area contributed by atoms with Crippen molar-refractivity contribution in [3.63, 3.8) is 0 Å². The Kier molecular flexibility index (Phi) is 3.18. The van der Waals surface area contributed by atoms with E-state index in [1.165, 1.54) is 0 Å². The minimum absolute atomic E-state index is 0.149. The molecule has 26 heavy (non-hydrogen) atoms. The van der Waals surface area contributed by atoms with Gasteiger partial charge >= 0.3 is 0 Å². The quantitative estimate of drug-likeness (QED) is 0.505. The number of nitrogens with zero attached hydrogens (tertiary/aromatic N) is 5. The summed E-state index contributed by atoms with van der Waals surface area (Å²) in [5.74, 6) is 0. The molecule has 6 heteroatoms. The monoisotopic (exact) mass is 361 g/mol. The Morgan fingerprint density at radius 1 is 1.08 bits per heavy atom. The van der Waals surface area contributed by atoms with Crippen LogP contribution < -0.4 is 0 Å². The molecule has 1 aliphatic rings. The largest absolute Gasteiger partial charge is 0.247 e. The third-order valence-corrected chi connectivity index (χ3v) is 5.14. The Morgan fingerprint density at radius 2 is 1.88 bits per heavy atom. The molecule has 0 spiro atoms. The molecule has 0 saturated carbocycles. The highest BCUT2D eigenvalue weighted by atomic mass is 35.5. The zero-order valence-corrected chi connectivity index (χ0v) is 15.2. The van der Waals surface area contributed by atoms with Gasteiger partial charge in [-0.1, -0.05) is 25.4 Å². The molecule has 0 N–H and O–H groups in total. The molecule has 3 aromatic heterocycles. The van der Waals surface area contributed by atoms with Crippen LogP contribution >= 0.6 is 11.6 Å². The predicted molar refractivity (Wildman–Crippen MR) is 102 cm³/mol. The number of pyridine rings is 1. The molecule has 0 aliphatic heterocycles. The van der Waals surface area contributed by atoms with Gasteiger partial charge in [0.2, 0.25) is 0 Å². The van der Waals surface area contributed by atoms with Crippen molar-refractivity contribution >= 4 is 22.8 Å². The highest BCUT2D eigenvalue weighted by Crippen LogP contribution is 2.42. The molecule has 0 bridgehead atoms. The van der Waals surface area contributed by atoms with Gasteiger partial charge in [0.05, 0.1) is 29.0 Å². The Labute approximate surface area is 155 Å². The number of aromatic nitrogens is 5. The Bertz CT molecular complexity index is 1140. The van der Waals surface area contributed by atoms with Gasteiger partial charge in [-0.25, -0.2) is 19.6 Å². The van der Waals surface area contributed by atoms with E-state index >= 15 is 0 Å². The first-order chi connectivity index (χ1) is 12.5. The number of hydrogen-bond donors (Lipinski definition) is 0. The molecule has 0 radical (unpaired) electrons. The summed E-state index contributed by atoms with van der Waals surface area (Å²) in [7, 11) is 0. The first-order valence-electron chi connectivity index (χ1n) is 8.49. The second-order valence-electron chi connectivity index (χ2n) is 7.22.